The lowest BCUT2D eigenvalue weighted by molar-refractivity contribution is 0.352. The fourth-order valence-electron chi connectivity index (χ4n) is 0.976. The molecule has 0 aromatic carbocycles. The van der Waals surface area contributed by atoms with Gasteiger partial charge in [-0.2, -0.15) is 0 Å². The van der Waals surface area contributed by atoms with Crippen molar-refractivity contribution in [2.24, 2.45) is 0 Å². The minimum Gasteiger partial charge on any atom is -0.480 e. The van der Waals surface area contributed by atoms with Crippen molar-refractivity contribution in [2.75, 3.05) is 6.23 Å². The summed E-state index contributed by atoms with van der Waals surface area (Å²) in [7, 11) is -1.13. The molecule has 1 aromatic rings. The minimum atomic E-state index is -1.13. The standard InChI is InChI=1S/C10H20N2OSi/c1-9(2)12-7-6-10(11-12)13-8-14(3,4)5/h6-7,9H,8H2,1-5H3. The first-order chi connectivity index (χ1) is 6.38. The molecular weight excluding hydrogens is 192 g/mol. The van der Waals surface area contributed by atoms with Crippen LogP contribution in [-0.4, -0.2) is 24.1 Å². The smallest absolute Gasteiger partial charge is 0.232 e. The lowest BCUT2D eigenvalue weighted by Gasteiger charge is -2.15. The van der Waals surface area contributed by atoms with Gasteiger partial charge in [0.05, 0.1) is 14.3 Å². The summed E-state index contributed by atoms with van der Waals surface area (Å²) in [6.45, 7) is 11.1. The molecule has 0 spiro atoms. The van der Waals surface area contributed by atoms with Crippen LogP contribution in [0, 0.1) is 0 Å². The number of ether oxygens (including phenoxy) is 1. The van der Waals surface area contributed by atoms with E-state index >= 15 is 0 Å². The molecule has 0 aliphatic rings. The molecule has 0 radical (unpaired) electrons. The summed E-state index contributed by atoms with van der Waals surface area (Å²) < 4.78 is 7.55. The molecule has 0 bridgehead atoms. The van der Waals surface area contributed by atoms with Crippen LogP contribution < -0.4 is 4.74 Å². The molecule has 0 saturated carbocycles. The zero-order valence-corrected chi connectivity index (χ0v) is 10.7. The molecule has 0 aliphatic heterocycles. The van der Waals surface area contributed by atoms with Gasteiger partial charge in [0.1, 0.15) is 0 Å². The van der Waals surface area contributed by atoms with Crippen molar-refractivity contribution in [3.8, 4) is 5.88 Å². The zero-order valence-electron chi connectivity index (χ0n) is 9.74. The van der Waals surface area contributed by atoms with Gasteiger partial charge < -0.3 is 4.74 Å². The van der Waals surface area contributed by atoms with Gasteiger partial charge in [0.25, 0.3) is 0 Å². The van der Waals surface area contributed by atoms with Gasteiger partial charge in [0.15, 0.2) is 0 Å². The second-order valence-electron chi connectivity index (χ2n) is 5.08. The highest BCUT2D eigenvalue weighted by atomic mass is 28.3. The van der Waals surface area contributed by atoms with E-state index in [9.17, 15) is 0 Å². The van der Waals surface area contributed by atoms with E-state index < -0.39 is 8.07 Å². The second-order valence-corrected chi connectivity index (χ2v) is 10.5. The monoisotopic (exact) mass is 212 g/mol. The SMILES string of the molecule is CC(C)n1ccc(OC[Si](C)(C)C)n1. The van der Waals surface area contributed by atoms with Crippen molar-refractivity contribution in [3.05, 3.63) is 12.3 Å². The van der Waals surface area contributed by atoms with Crippen LogP contribution in [0.1, 0.15) is 19.9 Å². The summed E-state index contributed by atoms with van der Waals surface area (Å²) in [4.78, 5) is 0. The Morgan fingerprint density at radius 3 is 2.50 bits per heavy atom. The van der Waals surface area contributed by atoms with Crippen LogP contribution >= 0.6 is 0 Å². The van der Waals surface area contributed by atoms with Crippen molar-refractivity contribution < 1.29 is 4.74 Å². The summed E-state index contributed by atoms with van der Waals surface area (Å²) in [5.74, 6) is 0.751. The lowest BCUT2D eigenvalue weighted by atomic mass is 10.4. The highest BCUT2D eigenvalue weighted by Crippen LogP contribution is 2.12. The molecule has 3 nitrogen and oxygen atoms in total. The fourth-order valence-corrected chi connectivity index (χ4v) is 1.56. The van der Waals surface area contributed by atoms with Crippen LogP contribution in [0.2, 0.25) is 19.6 Å². The Labute approximate surface area is 87.1 Å². The van der Waals surface area contributed by atoms with Crippen LogP contribution in [0.5, 0.6) is 5.88 Å². The van der Waals surface area contributed by atoms with Crippen molar-refractivity contribution >= 4 is 8.07 Å². The van der Waals surface area contributed by atoms with Gasteiger partial charge >= 0.3 is 0 Å². The minimum absolute atomic E-state index is 0.402. The van der Waals surface area contributed by atoms with Crippen molar-refractivity contribution in [3.63, 3.8) is 0 Å². The van der Waals surface area contributed by atoms with Crippen molar-refractivity contribution in [2.45, 2.75) is 39.5 Å². The van der Waals surface area contributed by atoms with Gasteiger partial charge in [-0.3, -0.25) is 4.68 Å². The highest BCUT2D eigenvalue weighted by molar-refractivity contribution is 6.76. The molecule has 0 N–H and O–H groups in total. The van der Waals surface area contributed by atoms with E-state index in [0.717, 1.165) is 12.1 Å². The maximum atomic E-state index is 5.63. The quantitative estimate of drug-likeness (QED) is 0.718. The molecule has 0 aliphatic carbocycles. The fraction of sp³-hybridized carbons (Fsp3) is 0.700. The molecule has 4 heteroatoms. The molecule has 0 fully saturated rings. The first-order valence-electron chi connectivity index (χ1n) is 5.06. The third-order valence-corrected chi connectivity index (χ3v) is 2.78. The summed E-state index contributed by atoms with van der Waals surface area (Å²) in [5, 5.41) is 4.33. The predicted octanol–water partition coefficient (Wildman–Crippen LogP) is 2.72. The Bertz CT molecular complexity index is 289. The van der Waals surface area contributed by atoms with Gasteiger partial charge in [-0.15, -0.1) is 5.10 Å². The summed E-state index contributed by atoms with van der Waals surface area (Å²) in [6.07, 6.45) is 2.80. The summed E-state index contributed by atoms with van der Waals surface area (Å²) in [6, 6.07) is 2.33. The van der Waals surface area contributed by atoms with Gasteiger partial charge in [0.2, 0.25) is 5.88 Å². The zero-order chi connectivity index (χ0) is 10.8. The molecule has 0 unspecified atom stereocenters. The molecule has 1 heterocycles. The van der Waals surface area contributed by atoms with Gasteiger partial charge in [-0.1, -0.05) is 19.6 Å². The van der Waals surface area contributed by atoms with E-state index in [1.807, 2.05) is 16.9 Å². The van der Waals surface area contributed by atoms with E-state index in [1.165, 1.54) is 0 Å². The molecule has 1 aromatic heterocycles. The second kappa shape index (κ2) is 4.17. The van der Waals surface area contributed by atoms with E-state index in [4.69, 9.17) is 4.74 Å². The summed E-state index contributed by atoms with van der Waals surface area (Å²) >= 11 is 0. The van der Waals surface area contributed by atoms with E-state index in [0.29, 0.717) is 6.04 Å². The van der Waals surface area contributed by atoms with Crippen molar-refractivity contribution in [1.29, 1.82) is 0 Å². The largest absolute Gasteiger partial charge is 0.480 e. The topological polar surface area (TPSA) is 27.1 Å². The van der Waals surface area contributed by atoms with E-state index in [1.54, 1.807) is 0 Å². The van der Waals surface area contributed by atoms with Crippen LogP contribution in [0.15, 0.2) is 12.3 Å². The van der Waals surface area contributed by atoms with Crippen LogP contribution in [0.25, 0.3) is 0 Å². The molecule has 0 amide bonds. The maximum Gasteiger partial charge on any atom is 0.232 e. The van der Waals surface area contributed by atoms with Crippen LogP contribution in [0.4, 0.5) is 0 Å². The van der Waals surface area contributed by atoms with Crippen LogP contribution in [-0.2, 0) is 0 Å². The Kier molecular flexibility index (Phi) is 3.37. The highest BCUT2D eigenvalue weighted by Gasteiger charge is 2.14. The first kappa shape index (κ1) is 11.3. The molecule has 0 saturated heterocycles. The average Bonchev–Trinajstić information content (AvgIpc) is 2.47. The molecular formula is C10H20N2OSi. The number of aromatic nitrogens is 2. The number of rotatable bonds is 4. The Morgan fingerprint density at radius 2 is 2.07 bits per heavy atom. The maximum absolute atomic E-state index is 5.63. The average molecular weight is 212 g/mol. The third-order valence-electron chi connectivity index (χ3n) is 1.77. The lowest BCUT2D eigenvalue weighted by Crippen LogP contribution is -2.30. The predicted molar refractivity (Wildman–Crippen MR) is 61.5 cm³/mol. The third kappa shape index (κ3) is 3.53. The van der Waals surface area contributed by atoms with Gasteiger partial charge in [-0.25, -0.2) is 0 Å². The number of hydrogen-bond acceptors (Lipinski definition) is 2. The normalized spacial score (nSPS) is 12.1. The molecule has 14 heavy (non-hydrogen) atoms. The van der Waals surface area contributed by atoms with E-state index in [2.05, 4.69) is 38.6 Å². The van der Waals surface area contributed by atoms with Crippen molar-refractivity contribution in [1.82, 2.24) is 9.78 Å². The Hall–Kier alpha value is -0.773. The van der Waals surface area contributed by atoms with E-state index in [-0.39, 0.29) is 0 Å². The molecule has 1 rings (SSSR count). The number of hydrogen-bond donors (Lipinski definition) is 0. The Morgan fingerprint density at radius 1 is 1.43 bits per heavy atom. The molecule has 80 valence electrons. The van der Waals surface area contributed by atoms with Gasteiger partial charge in [-0.05, 0) is 13.8 Å². The first-order valence-corrected chi connectivity index (χ1v) is 8.77. The van der Waals surface area contributed by atoms with Crippen LogP contribution in [0.3, 0.4) is 0 Å². The summed E-state index contributed by atoms with van der Waals surface area (Å²) in [5.41, 5.74) is 0. The Balaban J connectivity index is 2.52. The number of nitrogens with zero attached hydrogens (tertiary/aromatic N) is 2. The van der Waals surface area contributed by atoms with Gasteiger partial charge in [0, 0.05) is 18.3 Å². The molecule has 0 atom stereocenters.